The van der Waals surface area contributed by atoms with E-state index in [0.717, 1.165) is 16.7 Å². The summed E-state index contributed by atoms with van der Waals surface area (Å²) in [5.41, 5.74) is 0. The molecule has 66 valence electrons. The van der Waals surface area contributed by atoms with E-state index in [1.807, 2.05) is 0 Å². The van der Waals surface area contributed by atoms with Gasteiger partial charge in [0.2, 0.25) is 0 Å². The molecule has 1 rings (SSSR count). The van der Waals surface area contributed by atoms with E-state index in [2.05, 4.69) is 29.8 Å². The van der Waals surface area contributed by atoms with Crippen LogP contribution >= 0.6 is 15.9 Å². The average molecular weight is 219 g/mol. The minimum Gasteiger partial charge on any atom is -0.0888 e. The summed E-state index contributed by atoms with van der Waals surface area (Å²) in [6.07, 6.45) is 7.03. The lowest BCUT2D eigenvalue weighted by molar-refractivity contribution is 0.281. The van der Waals surface area contributed by atoms with E-state index in [4.69, 9.17) is 0 Å². The predicted octanol–water partition coefficient (Wildman–Crippen LogP) is 3.99. The summed E-state index contributed by atoms with van der Waals surface area (Å²) in [5.74, 6) is 1.93. The van der Waals surface area contributed by atoms with Crippen molar-refractivity contribution in [3.05, 3.63) is 0 Å². The van der Waals surface area contributed by atoms with Crippen LogP contribution in [0.25, 0.3) is 0 Å². The van der Waals surface area contributed by atoms with Crippen LogP contribution in [0.5, 0.6) is 0 Å². The molecule has 0 N–H and O–H groups in total. The highest BCUT2D eigenvalue weighted by atomic mass is 79.9. The first-order chi connectivity index (χ1) is 5.24. The van der Waals surface area contributed by atoms with Gasteiger partial charge in [-0.2, -0.15) is 0 Å². The predicted molar refractivity (Wildman–Crippen MR) is 54.1 cm³/mol. The van der Waals surface area contributed by atoms with E-state index >= 15 is 0 Å². The molecule has 0 amide bonds. The molecule has 0 aromatic carbocycles. The van der Waals surface area contributed by atoms with E-state index in [-0.39, 0.29) is 0 Å². The monoisotopic (exact) mass is 218 g/mol. The summed E-state index contributed by atoms with van der Waals surface area (Å²) in [6, 6.07) is 0. The Kier molecular flexibility index (Phi) is 3.91. The summed E-state index contributed by atoms with van der Waals surface area (Å²) in [7, 11) is 0. The zero-order valence-electron chi connectivity index (χ0n) is 7.65. The Bertz CT molecular complexity index is 111. The van der Waals surface area contributed by atoms with Crippen molar-refractivity contribution < 1.29 is 0 Å². The van der Waals surface area contributed by atoms with Gasteiger partial charge in [-0.15, -0.1) is 0 Å². The SMILES string of the molecule is CCCC1CC(C)CCC1Br. The van der Waals surface area contributed by atoms with Crippen LogP contribution in [0.4, 0.5) is 0 Å². The van der Waals surface area contributed by atoms with Gasteiger partial charge in [0.15, 0.2) is 0 Å². The third kappa shape index (κ3) is 2.77. The molecule has 0 nitrogen and oxygen atoms in total. The summed E-state index contributed by atoms with van der Waals surface area (Å²) >= 11 is 3.78. The number of halogens is 1. The lowest BCUT2D eigenvalue weighted by Gasteiger charge is -2.31. The van der Waals surface area contributed by atoms with E-state index in [0.29, 0.717) is 0 Å². The molecule has 0 radical (unpaired) electrons. The first kappa shape index (κ1) is 9.57. The quantitative estimate of drug-likeness (QED) is 0.616. The molecule has 0 saturated heterocycles. The van der Waals surface area contributed by atoms with Gasteiger partial charge in [0.25, 0.3) is 0 Å². The topological polar surface area (TPSA) is 0 Å². The van der Waals surface area contributed by atoms with Gasteiger partial charge in [0.05, 0.1) is 0 Å². The molecule has 0 aromatic rings. The molecule has 1 heteroatoms. The van der Waals surface area contributed by atoms with Crippen molar-refractivity contribution in [1.29, 1.82) is 0 Å². The van der Waals surface area contributed by atoms with Gasteiger partial charge < -0.3 is 0 Å². The van der Waals surface area contributed by atoms with Gasteiger partial charge >= 0.3 is 0 Å². The van der Waals surface area contributed by atoms with E-state index in [1.165, 1.54) is 32.1 Å². The van der Waals surface area contributed by atoms with Gasteiger partial charge in [-0.1, -0.05) is 36.2 Å². The number of alkyl halides is 1. The molecule has 0 bridgehead atoms. The largest absolute Gasteiger partial charge is 0.0888 e. The maximum atomic E-state index is 3.78. The maximum absolute atomic E-state index is 3.78. The van der Waals surface area contributed by atoms with Crippen LogP contribution in [-0.4, -0.2) is 4.83 Å². The van der Waals surface area contributed by atoms with Crippen LogP contribution in [0.2, 0.25) is 0 Å². The molecule has 0 aliphatic heterocycles. The Morgan fingerprint density at radius 1 is 1.36 bits per heavy atom. The molecule has 1 aliphatic rings. The van der Waals surface area contributed by atoms with Crippen molar-refractivity contribution in [3.8, 4) is 0 Å². The Balaban J connectivity index is 2.34. The minimum absolute atomic E-state index is 0.818. The van der Waals surface area contributed by atoms with Gasteiger partial charge in [-0.3, -0.25) is 0 Å². The lowest BCUT2D eigenvalue weighted by atomic mass is 9.80. The van der Waals surface area contributed by atoms with Gasteiger partial charge in [-0.25, -0.2) is 0 Å². The van der Waals surface area contributed by atoms with Crippen LogP contribution in [0.1, 0.15) is 46.0 Å². The Morgan fingerprint density at radius 3 is 2.73 bits per heavy atom. The van der Waals surface area contributed by atoms with Crippen molar-refractivity contribution in [3.63, 3.8) is 0 Å². The van der Waals surface area contributed by atoms with Crippen LogP contribution in [0, 0.1) is 11.8 Å². The van der Waals surface area contributed by atoms with Crippen LogP contribution < -0.4 is 0 Å². The molecule has 0 aromatic heterocycles. The fourth-order valence-electron chi connectivity index (χ4n) is 2.13. The molecule has 0 spiro atoms. The number of hydrogen-bond acceptors (Lipinski definition) is 0. The zero-order chi connectivity index (χ0) is 8.27. The van der Waals surface area contributed by atoms with Crippen molar-refractivity contribution in [2.45, 2.75) is 50.8 Å². The number of rotatable bonds is 2. The molecule has 1 saturated carbocycles. The fraction of sp³-hybridized carbons (Fsp3) is 1.00. The third-order valence-electron chi connectivity index (χ3n) is 2.81. The lowest BCUT2D eigenvalue weighted by Crippen LogP contribution is -2.23. The molecule has 11 heavy (non-hydrogen) atoms. The molecular formula is C10H19Br. The average Bonchev–Trinajstić information content (AvgIpc) is 1.98. The summed E-state index contributed by atoms with van der Waals surface area (Å²) in [5, 5.41) is 0. The zero-order valence-corrected chi connectivity index (χ0v) is 9.23. The Hall–Kier alpha value is 0.480. The molecule has 3 unspecified atom stereocenters. The molecule has 0 heterocycles. The molecular weight excluding hydrogens is 200 g/mol. The van der Waals surface area contributed by atoms with Gasteiger partial charge in [0.1, 0.15) is 0 Å². The Morgan fingerprint density at radius 2 is 2.09 bits per heavy atom. The van der Waals surface area contributed by atoms with Gasteiger partial charge in [-0.05, 0) is 37.5 Å². The molecule has 1 aliphatic carbocycles. The second-order valence-corrected chi connectivity index (χ2v) is 5.16. The Labute approximate surface area is 78.9 Å². The second-order valence-electron chi connectivity index (χ2n) is 3.98. The highest BCUT2D eigenvalue weighted by Gasteiger charge is 2.25. The van der Waals surface area contributed by atoms with E-state index < -0.39 is 0 Å². The first-order valence-electron chi connectivity index (χ1n) is 4.88. The van der Waals surface area contributed by atoms with Crippen molar-refractivity contribution in [2.75, 3.05) is 0 Å². The van der Waals surface area contributed by atoms with Crippen LogP contribution in [-0.2, 0) is 0 Å². The smallest absolute Gasteiger partial charge is 0.0174 e. The standard InChI is InChI=1S/C10H19Br/c1-3-4-9-7-8(2)5-6-10(9)11/h8-10H,3-7H2,1-2H3. The molecule has 3 atom stereocenters. The minimum atomic E-state index is 0.818. The van der Waals surface area contributed by atoms with Crippen molar-refractivity contribution in [2.24, 2.45) is 11.8 Å². The first-order valence-corrected chi connectivity index (χ1v) is 5.79. The molecule has 1 fully saturated rings. The van der Waals surface area contributed by atoms with Crippen molar-refractivity contribution in [1.82, 2.24) is 0 Å². The summed E-state index contributed by atoms with van der Waals surface area (Å²) in [4.78, 5) is 0.818. The number of hydrogen-bond donors (Lipinski definition) is 0. The second kappa shape index (κ2) is 4.49. The highest BCUT2D eigenvalue weighted by Crippen LogP contribution is 2.35. The van der Waals surface area contributed by atoms with E-state index in [9.17, 15) is 0 Å². The third-order valence-corrected chi connectivity index (χ3v) is 4.02. The fourth-order valence-corrected chi connectivity index (χ4v) is 2.88. The maximum Gasteiger partial charge on any atom is 0.0174 e. The summed E-state index contributed by atoms with van der Waals surface area (Å²) < 4.78 is 0. The van der Waals surface area contributed by atoms with Crippen molar-refractivity contribution >= 4 is 15.9 Å². The van der Waals surface area contributed by atoms with Gasteiger partial charge in [0, 0.05) is 4.83 Å². The van der Waals surface area contributed by atoms with Crippen LogP contribution in [0.3, 0.4) is 0 Å². The van der Waals surface area contributed by atoms with E-state index in [1.54, 1.807) is 0 Å². The normalized spacial score (nSPS) is 39.0. The summed E-state index contributed by atoms with van der Waals surface area (Å²) in [6.45, 7) is 4.68. The highest BCUT2D eigenvalue weighted by molar-refractivity contribution is 9.09. The van der Waals surface area contributed by atoms with Crippen LogP contribution in [0.15, 0.2) is 0 Å².